The maximum Gasteiger partial charge on any atom is 0.387 e. The van der Waals surface area contributed by atoms with Gasteiger partial charge < -0.3 is 13.7 Å². The topological polar surface area (TPSA) is 74.5 Å². The highest BCUT2D eigenvalue weighted by Gasteiger charge is 2.28. The zero-order valence-electron chi connectivity index (χ0n) is 17.3. The van der Waals surface area contributed by atoms with Crippen LogP contribution in [0.25, 0.3) is 22.1 Å². The third-order valence-electron chi connectivity index (χ3n) is 5.47. The fraction of sp³-hybridized carbons (Fsp3) is 0.160. The van der Waals surface area contributed by atoms with Crippen molar-refractivity contribution < 1.29 is 27.3 Å². The van der Waals surface area contributed by atoms with E-state index < -0.39 is 23.9 Å². The van der Waals surface area contributed by atoms with Crippen LogP contribution in [0.1, 0.15) is 34.9 Å². The predicted molar refractivity (Wildman–Crippen MR) is 121 cm³/mol. The minimum Gasteiger partial charge on any atom is -0.588 e. The average molecular weight is 467 g/mol. The van der Waals surface area contributed by atoms with Crippen LogP contribution >= 0.6 is 0 Å². The number of benzene rings is 3. The number of hydrogen-bond acceptors (Lipinski definition) is 4. The Labute approximate surface area is 191 Å². The summed E-state index contributed by atoms with van der Waals surface area (Å²) in [5.74, 6) is -0.618. The van der Waals surface area contributed by atoms with Crippen LogP contribution in [0.3, 0.4) is 0 Å². The summed E-state index contributed by atoms with van der Waals surface area (Å²) in [7, 11) is 0. The summed E-state index contributed by atoms with van der Waals surface area (Å²) >= 11 is -1.87. The van der Waals surface area contributed by atoms with Gasteiger partial charge in [0.2, 0.25) is 0 Å². The van der Waals surface area contributed by atoms with Crippen LogP contribution < -0.4 is 9.46 Å². The van der Waals surface area contributed by atoms with E-state index >= 15 is 0 Å². The molecular formula is C25H19F2NO4S. The van der Waals surface area contributed by atoms with E-state index in [1.54, 1.807) is 24.3 Å². The van der Waals surface area contributed by atoms with Gasteiger partial charge in [-0.05, 0) is 54.2 Å². The number of alkyl halides is 2. The summed E-state index contributed by atoms with van der Waals surface area (Å²) in [6.45, 7) is -3.00. The van der Waals surface area contributed by atoms with Crippen LogP contribution in [0.2, 0.25) is 0 Å². The highest BCUT2D eigenvalue weighted by Crippen LogP contribution is 2.44. The zero-order valence-corrected chi connectivity index (χ0v) is 18.1. The van der Waals surface area contributed by atoms with Crippen LogP contribution in [-0.2, 0) is 11.4 Å². The van der Waals surface area contributed by atoms with Crippen molar-refractivity contribution in [3.8, 4) is 16.9 Å². The molecule has 1 heterocycles. The lowest BCUT2D eigenvalue weighted by atomic mass is 10.1. The van der Waals surface area contributed by atoms with Gasteiger partial charge in [-0.3, -0.25) is 4.79 Å². The van der Waals surface area contributed by atoms with Gasteiger partial charge in [-0.1, -0.05) is 42.5 Å². The Bertz CT molecular complexity index is 1300. The third-order valence-corrected chi connectivity index (χ3v) is 6.59. The van der Waals surface area contributed by atoms with E-state index in [-0.39, 0.29) is 28.4 Å². The number of hydrogen-bond donors (Lipinski definition) is 1. The Morgan fingerprint density at radius 2 is 1.79 bits per heavy atom. The number of furan rings is 1. The molecule has 1 amide bonds. The first-order chi connectivity index (χ1) is 16.0. The molecule has 5 rings (SSSR count). The first kappa shape index (κ1) is 21.5. The van der Waals surface area contributed by atoms with E-state index in [1.807, 2.05) is 42.5 Å². The minimum atomic E-state index is -3.00. The molecule has 0 saturated heterocycles. The van der Waals surface area contributed by atoms with Crippen molar-refractivity contribution in [2.24, 2.45) is 0 Å². The van der Waals surface area contributed by atoms with Crippen LogP contribution in [0, 0.1) is 0 Å². The van der Waals surface area contributed by atoms with E-state index in [9.17, 15) is 18.1 Å². The lowest BCUT2D eigenvalue weighted by Gasteiger charge is -2.13. The van der Waals surface area contributed by atoms with Crippen LogP contribution in [0.15, 0.2) is 82.1 Å². The number of amides is 1. The second kappa shape index (κ2) is 8.88. The van der Waals surface area contributed by atoms with Crippen LogP contribution in [-0.4, -0.2) is 17.1 Å². The third kappa shape index (κ3) is 4.58. The number of carbonyl (C=O) groups excluding carboxylic acids is 1. The largest absolute Gasteiger partial charge is 0.588 e. The van der Waals surface area contributed by atoms with Crippen molar-refractivity contribution >= 4 is 28.2 Å². The molecule has 0 aliphatic heterocycles. The van der Waals surface area contributed by atoms with Gasteiger partial charge in [0.25, 0.3) is 0 Å². The molecule has 0 bridgehead atoms. The Morgan fingerprint density at radius 3 is 2.52 bits per heavy atom. The summed E-state index contributed by atoms with van der Waals surface area (Å²) in [5.41, 5.74) is 2.69. The molecule has 33 heavy (non-hydrogen) atoms. The summed E-state index contributed by atoms with van der Waals surface area (Å²) in [6.07, 6.45) is 1.93. The molecule has 1 fully saturated rings. The van der Waals surface area contributed by atoms with Gasteiger partial charge in [0.1, 0.15) is 22.7 Å². The summed E-state index contributed by atoms with van der Waals surface area (Å²) in [5, 5.41) is 0.264. The molecule has 5 nitrogen and oxygen atoms in total. The van der Waals surface area contributed by atoms with Crippen molar-refractivity contribution in [3.05, 3.63) is 84.1 Å². The summed E-state index contributed by atoms with van der Waals surface area (Å²) in [6, 6.07) is 21.1. The van der Waals surface area contributed by atoms with Crippen molar-refractivity contribution in [2.45, 2.75) is 30.3 Å². The second-order valence-electron chi connectivity index (χ2n) is 7.76. The number of carbonyl (C=O) groups is 1. The normalized spacial score (nSPS) is 14.4. The lowest BCUT2D eigenvalue weighted by Crippen LogP contribution is -2.30. The molecule has 1 atom stereocenters. The number of ether oxygens (including phenoxy) is 1. The van der Waals surface area contributed by atoms with Gasteiger partial charge >= 0.3 is 12.5 Å². The van der Waals surface area contributed by atoms with Gasteiger partial charge in [-0.2, -0.15) is 13.5 Å². The molecule has 8 heteroatoms. The maximum absolute atomic E-state index is 13.0. The second-order valence-corrected chi connectivity index (χ2v) is 8.94. The molecule has 1 saturated carbocycles. The Balaban J connectivity index is 1.43. The fourth-order valence-corrected chi connectivity index (χ4v) is 4.73. The molecular weight excluding hydrogens is 448 g/mol. The van der Waals surface area contributed by atoms with E-state index in [0.717, 1.165) is 29.5 Å². The van der Waals surface area contributed by atoms with Gasteiger partial charge in [0.05, 0.1) is 5.39 Å². The maximum atomic E-state index is 13.0. The molecule has 1 aromatic heterocycles. The summed E-state index contributed by atoms with van der Waals surface area (Å²) in [4.78, 5) is 13.3. The number of fused-ring (bicyclic) bond motifs is 1. The van der Waals surface area contributed by atoms with Crippen molar-refractivity contribution in [1.82, 2.24) is 4.72 Å². The monoisotopic (exact) mass is 467 g/mol. The van der Waals surface area contributed by atoms with Gasteiger partial charge in [0, 0.05) is 11.6 Å². The van der Waals surface area contributed by atoms with E-state index in [1.165, 1.54) is 6.07 Å². The minimum absolute atomic E-state index is 0.0391. The molecule has 1 unspecified atom stereocenters. The predicted octanol–water partition coefficient (Wildman–Crippen LogP) is 6.03. The summed E-state index contributed by atoms with van der Waals surface area (Å²) < 4.78 is 51.6. The molecule has 1 aliphatic carbocycles. The van der Waals surface area contributed by atoms with E-state index in [0.29, 0.717) is 4.90 Å². The van der Waals surface area contributed by atoms with E-state index in [4.69, 9.17) is 4.42 Å². The number of halogens is 2. The van der Waals surface area contributed by atoms with Gasteiger partial charge in [-0.15, -0.1) is 0 Å². The smallest absolute Gasteiger partial charge is 0.387 e. The molecule has 168 valence electrons. The van der Waals surface area contributed by atoms with Crippen LogP contribution in [0.4, 0.5) is 8.78 Å². The average Bonchev–Trinajstić information content (AvgIpc) is 3.57. The van der Waals surface area contributed by atoms with E-state index in [2.05, 4.69) is 9.46 Å². The Hall–Kier alpha value is -3.36. The SMILES string of the molecule is O=C(N[S+]([O-])c1ccccc1-c1ccccc1)c1cc2c(OC(F)F)cc(C3CC3)cc2o1. The quantitative estimate of drug-likeness (QED) is 0.337. The molecule has 3 aromatic carbocycles. The van der Waals surface area contributed by atoms with Crippen LogP contribution in [0.5, 0.6) is 5.75 Å². The Morgan fingerprint density at radius 1 is 1.06 bits per heavy atom. The van der Waals surface area contributed by atoms with Gasteiger partial charge in [-0.25, -0.2) is 0 Å². The first-order valence-corrected chi connectivity index (χ1v) is 11.5. The zero-order chi connectivity index (χ0) is 22.9. The number of nitrogens with one attached hydrogen (secondary N) is 1. The molecule has 1 aliphatic rings. The first-order valence-electron chi connectivity index (χ1n) is 10.4. The fourth-order valence-electron chi connectivity index (χ4n) is 3.76. The van der Waals surface area contributed by atoms with Crippen molar-refractivity contribution in [3.63, 3.8) is 0 Å². The number of rotatable bonds is 7. The molecule has 4 aromatic rings. The Kier molecular flexibility index (Phi) is 5.78. The standard InChI is InChI=1S/C25H19F2NO4S/c26-25(27)32-21-13-17(15-10-11-15)12-20-19(21)14-22(31-20)24(29)28-33(30)23-9-5-4-8-18(23)16-6-2-1-3-7-16/h1-9,12-15,25H,10-11H2,(H,28,29). The molecule has 0 spiro atoms. The molecule has 0 radical (unpaired) electrons. The van der Waals surface area contributed by atoms with Crippen molar-refractivity contribution in [2.75, 3.05) is 0 Å². The lowest BCUT2D eigenvalue weighted by molar-refractivity contribution is -0.0488. The van der Waals surface area contributed by atoms with Gasteiger partial charge in [0.15, 0.2) is 10.7 Å². The highest BCUT2D eigenvalue weighted by atomic mass is 32.2. The molecule has 1 N–H and O–H groups in total. The highest BCUT2D eigenvalue weighted by molar-refractivity contribution is 7.90. The van der Waals surface area contributed by atoms with Crippen molar-refractivity contribution in [1.29, 1.82) is 0 Å².